The number of rotatable bonds is 5. The molecule has 5 rings (SSSR count). The molecule has 3 aliphatic rings. The highest BCUT2D eigenvalue weighted by atomic mass is 35.5. The smallest absolute Gasteiger partial charge is 0.333 e. The van der Waals surface area contributed by atoms with Crippen molar-refractivity contribution in [1.82, 2.24) is 15.6 Å². The summed E-state index contributed by atoms with van der Waals surface area (Å²) in [6.07, 6.45) is 3.26. The van der Waals surface area contributed by atoms with Gasteiger partial charge in [0.15, 0.2) is 5.75 Å². The third kappa shape index (κ3) is 4.55. The third-order valence-electron chi connectivity index (χ3n) is 6.52. The molecule has 0 aliphatic carbocycles. The minimum Gasteiger partial charge on any atom is -0.485 e. The topological polar surface area (TPSA) is 86.7 Å². The maximum Gasteiger partial charge on any atom is 0.333 e. The van der Waals surface area contributed by atoms with Crippen molar-refractivity contribution in [2.75, 3.05) is 31.1 Å². The number of ether oxygens (including phenoxy) is 1. The van der Waals surface area contributed by atoms with Gasteiger partial charge in [-0.2, -0.15) is 0 Å². The van der Waals surface area contributed by atoms with E-state index in [1.165, 1.54) is 0 Å². The fourth-order valence-electron chi connectivity index (χ4n) is 4.99. The third-order valence-corrected chi connectivity index (χ3v) is 7.08. The summed E-state index contributed by atoms with van der Waals surface area (Å²) in [7, 11) is 0. The lowest BCUT2D eigenvalue weighted by Gasteiger charge is -2.38. The van der Waals surface area contributed by atoms with E-state index in [0.717, 1.165) is 42.0 Å². The van der Waals surface area contributed by atoms with Crippen molar-refractivity contribution in [2.45, 2.75) is 38.0 Å². The van der Waals surface area contributed by atoms with Gasteiger partial charge in [-0.3, -0.25) is 0 Å². The van der Waals surface area contributed by atoms with Gasteiger partial charge >= 0.3 is 5.97 Å². The first-order valence-electron chi connectivity index (χ1n) is 11.2. The number of aryl methyl sites for hydroxylation is 1. The number of anilines is 1. The van der Waals surface area contributed by atoms with E-state index in [4.69, 9.17) is 27.9 Å². The summed E-state index contributed by atoms with van der Waals surface area (Å²) in [5.74, 6) is 0.499. The molecule has 3 N–H and O–H groups in total. The summed E-state index contributed by atoms with van der Waals surface area (Å²) in [4.78, 5) is 18.8. The average Bonchev–Trinajstić information content (AvgIpc) is 3.24. The van der Waals surface area contributed by atoms with Crippen molar-refractivity contribution in [3.05, 3.63) is 57.2 Å². The second kappa shape index (κ2) is 9.14. The molecule has 1 aromatic carbocycles. The van der Waals surface area contributed by atoms with Crippen LogP contribution in [0.3, 0.4) is 0 Å². The molecular weight excluding hydrogens is 463 g/mol. The SMILES string of the molecule is Cc1cc(Cl)c(OC2CCN(c3ccc(C4=C(C(=O)O)[C@H]5CNC[C@@H](C4)N5)cn3)C2)c(Cl)c1. The number of pyridine rings is 1. The minimum atomic E-state index is -0.873. The number of nitrogens with zero attached hydrogens (tertiary/aromatic N) is 2. The lowest BCUT2D eigenvalue weighted by Crippen LogP contribution is -2.58. The van der Waals surface area contributed by atoms with Crippen LogP contribution in [0.1, 0.15) is 24.0 Å². The Kier molecular flexibility index (Phi) is 6.22. The van der Waals surface area contributed by atoms with Crippen LogP contribution in [-0.2, 0) is 4.79 Å². The number of halogens is 2. The predicted molar refractivity (Wildman–Crippen MR) is 129 cm³/mol. The summed E-state index contributed by atoms with van der Waals surface area (Å²) >= 11 is 12.7. The van der Waals surface area contributed by atoms with Crippen LogP contribution >= 0.6 is 23.2 Å². The van der Waals surface area contributed by atoms with Crippen LogP contribution in [0.4, 0.5) is 5.82 Å². The Balaban J connectivity index is 1.31. The number of benzene rings is 1. The fraction of sp³-hybridized carbons (Fsp3) is 0.417. The van der Waals surface area contributed by atoms with E-state index < -0.39 is 5.97 Å². The first kappa shape index (κ1) is 22.5. The zero-order valence-electron chi connectivity index (χ0n) is 18.3. The Morgan fingerprint density at radius 2 is 2.03 bits per heavy atom. The number of carbonyl (C=O) groups is 1. The quantitative estimate of drug-likeness (QED) is 0.593. The molecule has 1 aromatic heterocycles. The predicted octanol–water partition coefficient (Wildman–Crippen LogP) is 3.53. The summed E-state index contributed by atoms with van der Waals surface area (Å²) in [6.45, 7) is 4.88. The minimum absolute atomic E-state index is 0.0400. The molecule has 3 atom stereocenters. The van der Waals surface area contributed by atoms with E-state index in [0.29, 0.717) is 40.9 Å². The van der Waals surface area contributed by atoms with Crippen LogP contribution in [0, 0.1) is 6.92 Å². The van der Waals surface area contributed by atoms with E-state index in [1.54, 1.807) is 6.20 Å². The van der Waals surface area contributed by atoms with Crippen LogP contribution in [0.5, 0.6) is 5.75 Å². The van der Waals surface area contributed by atoms with E-state index in [9.17, 15) is 9.90 Å². The van der Waals surface area contributed by atoms with Gasteiger partial charge in [-0.05, 0) is 54.3 Å². The van der Waals surface area contributed by atoms with Gasteiger partial charge in [0.05, 0.1) is 28.2 Å². The Bertz CT molecular complexity index is 1080. The van der Waals surface area contributed by atoms with E-state index in [-0.39, 0.29) is 18.2 Å². The number of aliphatic carboxylic acids is 1. The van der Waals surface area contributed by atoms with Crippen LogP contribution in [0.15, 0.2) is 36.0 Å². The first-order chi connectivity index (χ1) is 15.9. The molecule has 0 saturated carbocycles. The molecule has 7 nitrogen and oxygen atoms in total. The zero-order valence-corrected chi connectivity index (χ0v) is 19.8. The summed E-state index contributed by atoms with van der Waals surface area (Å²) < 4.78 is 6.13. The van der Waals surface area contributed by atoms with Gasteiger partial charge < -0.3 is 25.4 Å². The van der Waals surface area contributed by atoms with E-state index in [2.05, 4.69) is 20.5 Å². The van der Waals surface area contributed by atoms with Crippen molar-refractivity contribution in [3.8, 4) is 5.75 Å². The van der Waals surface area contributed by atoms with Gasteiger partial charge in [-0.1, -0.05) is 23.2 Å². The monoisotopic (exact) mass is 488 g/mol. The lowest BCUT2D eigenvalue weighted by atomic mass is 9.85. The Hall–Kier alpha value is -2.32. The fourth-order valence-corrected chi connectivity index (χ4v) is 5.67. The molecular formula is C24H26Cl2N4O3. The van der Waals surface area contributed by atoms with Crippen molar-refractivity contribution in [1.29, 1.82) is 0 Å². The second-order valence-electron chi connectivity index (χ2n) is 8.91. The molecule has 3 aliphatic heterocycles. The Morgan fingerprint density at radius 3 is 2.73 bits per heavy atom. The van der Waals surface area contributed by atoms with Gasteiger partial charge in [0.2, 0.25) is 0 Å². The normalized spacial score (nSPS) is 24.8. The first-order valence-corrected chi connectivity index (χ1v) is 11.9. The van der Waals surface area contributed by atoms with Gasteiger partial charge in [-0.15, -0.1) is 0 Å². The average molecular weight is 489 g/mol. The Morgan fingerprint density at radius 1 is 1.24 bits per heavy atom. The number of fused-ring (bicyclic) bond motifs is 2. The van der Waals surface area contributed by atoms with Crippen LogP contribution in [0.2, 0.25) is 10.0 Å². The van der Waals surface area contributed by atoms with Gasteiger partial charge in [0, 0.05) is 38.3 Å². The summed E-state index contributed by atoms with van der Waals surface area (Å²) in [5.41, 5.74) is 3.18. The molecule has 2 bridgehead atoms. The number of carboxylic acids is 1. The molecule has 2 saturated heterocycles. The van der Waals surface area contributed by atoms with Crippen molar-refractivity contribution in [2.24, 2.45) is 0 Å². The zero-order chi connectivity index (χ0) is 23.1. The standard InChI is InChI=1S/C24H26Cl2N4O3/c1-13-6-18(25)23(19(26)7-13)33-16-4-5-30(12-16)21-3-2-14(9-28-21)17-8-15-10-27-11-20(29-15)22(17)24(31)32/h2-3,6-7,9,15-16,20,27,29H,4-5,8,10-12H2,1H3,(H,31,32)/t15-,16?,20-/m1/s1. The number of aromatic nitrogens is 1. The van der Waals surface area contributed by atoms with E-state index >= 15 is 0 Å². The molecule has 4 heterocycles. The molecule has 174 valence electrons. The van der Waals surface area contributed by atoms with Crippen molar-refractivity contribution >= 4 is 40.6 Å². The number of nitrogens with one attached hydrogen (secondary N) is 2. The number of piperazine rings is 1. The van der Waals surface area contributed by atoms with Crippen LogP contribution < -0.4 is 20.3 Å². The number of hydrogen-bond donors (Lipinski definition) is 3. The van der Waals surface area contributed by atoms with Gasteiger partial charge in [-0.25, -0.2) is 9.78 Å². The summed E-state index contributed by atoms with van der Waals surface area (Å²) in [5, 5.41) is 17.6. The molecule has 0 spiro atoms. The largest absolute Gasteiger partial charge is 0.485 e. The molecule has 9 heteroatoms. The molecule has 0 amide bonds. The molecule has 2 fully saturated rings. The highest BCUT2D eigenvalue weighted by Gasteiger charge is 2.35. The highest BCUT2D eigenvalue weighted by molar-refractivity contribution is 6.37. The van der Waals surface area contributed by atoms with E-state index in [1.807, 2.05) is 31.2 Å². The maximum atomic E-state index is 12.0. The Labute approximate surface area is 202 Å². The molecule has 1 unspecified atom stereocenters. The second-order valence-corrected chi connectivity index (χ2v) is 9.73. The number of hydrogen-bond acceptors (Lipinski definition) is 6. The van der Waals surface area contributed by atoms with Crippen LogP contribution in [0.25, 0.3) is 5.57 Å². The van der Waals surface area contributed by atoms with Crippen molar-refractivity contribution < 1.29 is 14.6 Å². The van der Waals surface area contributed by atoms with Crippen molar-refractivity contribution in [3.63, 3.8) is 0 Å². The van der Waals surface area contributed by atoms with Crippen LogP contribution in [-0.4, -0.2) is 60.4 Å². The maximum absolute atomic E-state index is 12.0. The van der Waals surface area contributed by atoms with Gasteiger partial charge in [0.1, 0.15) is 11.9 Å². The van der Waals surface area contributed by atoms with Gasteiger partial charge in [0.25, 0.3) is 0 Å². The molecule has 2 aromatic rings. The highest BCUT2D eigenvalue weighted by Crippen LogP contribution is 2.36. The summed E-state index contributed by atoms with van der Waals surface area (Å²) in [6, 6.07) is 7.70. The molecule has 0 radical (unpaired) electrons. The lowest BCUT2D eigenvalue weighted by molar-refractivity contribution is -0.133. The molecule has 33 heavy (non-hydrogen) atoms. The number of carboxylic acid groups (broad SMARTS) is 1.